The number of carbonyl (C=O) groups is 1. The number of aromatic nitrogens is 2. The first-order valence-electron chi connectivity index (χ1n) is 8.92. The zero-order valence-corrected chi connectivity index (χ0v) is 15.7. The third-order valence-electron chi connectivity index (χ3n) is 4.38. The van der Waals surface area contributed by atoms with Gasteiger partial charge in [0.05, 0.1) is 12.8 Å². The summed E-state index contributed by atoms with van der Waals surface area (Å²) >= 11 is 0. The Kier molecular flexibility index (Phi) is 7.04. The van der Waals surface area contributed by atoms with Crippen molar-refractivity contribution >= 4 is 5.91 Å². The highest BCUT2D eigenvalue weighted by atomic mass is 16.5. The SMILES string of the molecule is CCCCCCc1c(C)nn(C(=O)COc2ccc(OC)cc2)c1C. The molecule has 0 radical (unpaired) electrons. The van der Waals surface area contributed by atoms with Gasteiger partial charge in [0, 0.05) is 5.69 Å². The van der Waals surface area contributed by atoms with Gasteiger partial charge in [0.25, 0.3) is 5.91 Å². The van der Waals surface area contributed by atoms with Crippen LogP contribution in [0.25, 0.3) is 0 Å². The molecule has 0 saturated heterocycles. The Hall–Kier alpha value is -2.30. The Morgan fingerprint density at radius 1 is 1.08 bits per heavy atom. The fourth-order valence-electron chi connectivity index (χ4n) is 2.89. The van der Waals surface area contributed by atoms with Gasteiger partial charge in [-0.15, -0.1) is 0 Å². The number of rotatable bonds is 9. The van der Waals surface area contributed by atoms with Gasteiger partial charge in [-0.2, -0.15) is 5.10 Å². The fourth-order valence-corrected chi connectivity index (χ4v) is 2.89. The van der Waals surface area contributed by atoms with Crippen molar-refractivity contribution in [2.24, 2.45) is 0 Å². The zero-order valence-electron chi connectivity index (χ0n) is 15.7. The molecule has 1 aromatic heterocycles. The minimum Gasteiger partial charge on any atom is -0.497 e. The molecular formula is C20H28N2O3. The molecule has 1 aromatic carbocycles. The van der Waals surface area contributed by atoms with Crippen molar-refractivity contribution in [3.05, 3.63) is 41.2 Å². The molecule has 0 bridgehead atoms. The molecule has 2 aromatic rings. The van der Waals surface area contributed by atoms with E-state index >= 15 is 0 Å². The average Bonchev–Trinajstić information content (AvgIpc) is 2.91. The second-order valence-electron chi connectivity index (χ2n) is 6.23. The number of benzene rings is 1. The van der Waals surface area contributed by atoms with Gasteiger partial charge in [0.15, 0.2) is 6.61 Å². The van der Waals surface area contributed by atoms with Gasteiger partial charge >= 0.3 is 0 Å². The lowest BCUT2D eigenvalue weighted by Crippen LogP contribution is -2.21. The molecule has 5 nitrogen and oxygen atoms in total. The van der Waals surface area contributed by atoms with E-state index in [1.165, 1.54) is 29.5 Å². The van der Waals surface area contributed by atoms with Crippen molar-refractivity contribution in [3.8, 4) is 11.5 Å². The van der Waals surface area contributed by atoms with E-state index in [9.17, 15) is 4.79 Å². The second-order valence-corrected chi connectivity index (χ2v) is 6.23. The molecule has 0 N–H and O–H groups in total. The lowest BCUT2D eigenvalue weighted by atomic mass is 10.0. The number of hydrogen-bond donors (Lipinski definition) is 0. The van der Waals surface area contributed by atoms with Crippen LogP contribution < -0.4 is 9.47 Å². The maximum atomic E-state index is 12.5. The highest BCUT2D eigenvalue weighted by Crippen LogP contribution is 2.19. The molecule has 136 valence electrons. The van der Waals surface area contributed by atoms with Crippen molar-refractivity contribution < 1.29 is 14.3 Å². The summed E-state index contributed by atoms with van der Waals surface area (Å²) in [6.45, 7) is 6.09. The Bertz CT molecular complexity index is 690. The number of aryl methyl sites for hydroxylation is 1. The minimum absolute atomic E-state index is 0.0381. The van der Waals surface area contributed by atoms with Gasteiger partial charge in [-0.1, -0.05) is 26.2 Å². The number of hydrogen-bond acceptors (Lipinski definition) is 4. The quantitative estimate of drug-likeness (QED) is 0.635. The van der Waals surface area contributed by atoms with E-state index < -0.39 is 0 Å². The Morgan fingerprint density at radius 2 is 1.76 bits per heavy atom. The third-order valence-corrected chi connectivity index (χ3v) is 4.38. The Balaban J connectivity index is 1.96. The van der Waals surface area contributed by atoms with Crippen molar-refractivity contribution in [2.45, 2.75) is 52.9 Å². The van der Waals surface area contributed by atoms with Crippen LogP contribution >= 0.6 is 0 Å². The van der Waals surface area contributed by atoms with Crippen LogP contribution in [0.3, 0.4) is 0 Å². The molecule has 0 aliphatic carbocycles. The molecule has 0 amide bonds. The average molecular weight is 344 g/mol. The summed E-state index contributed by atoms with van der Waals surface area (Å²) in [5.74, 6) is 1.23. The second kappa shape index (κ2) is 9.25. The van der Waals surface area contributed by atoms with E-state index in [4.69, 9.17) is 9.47 Å². The largest absolute Gasteiger partial charge is 0.497 e. The molecule has 2 rings (SSSR count). The Labute approximate surface area is 149 Å². The van der Waals surface area contributed by atoms with Crippen molar-refractivity contribution in [2.75, 3.05) is 13.7 Å². The third kappa shape index (κ3) is 5.08. The van der Waals surface area contributed by atoms with E-state index in [-0.39, 0.29) is 12.5 Å². The van der Waals surface area contributed by atoms with E-state index in [2.05, 4.69) is 12.0 Å². The predicted octanol–water partition coefficient (Wildman–Crippen LogP) is 4.35. The summed E-state index contributed by atoms with van der Waals surface area (Å²) in [7, 11) is 1.61. The van der Waals surface area contributed by atoms with Crippen LogP contribution in [0.4, 0.5) is 0 Å². The van der Waals surface area contributed by atoms with E-state index in [1.54, 1.807) is 31.4 Å². The summed E-state index contributed by atoms with van der Waals surface area (Å²) in [5.41, 5.74) is 3.05. The standard InChI is InChI=1S/C20H28N2O3/c1-5-6-7-8-9-19-15(2)21-22(16(19)3)20(23)14-25-18-12-10-17(24-4)11-13-18/h10-13H,5-9,14H2,1-4H3. The van der Waals surface area contributed by atoms with Gasteiger partial charge in [-0.25, -0.2) is 4.68 Å². The van der Waals surface area contributed by atoms with Crippen LogP contribution in [0, 0.1) is 13.8 Å². The zero-order chi connectivity index (χ0) is 18.2. The molecule has 1 heterocycles. The van der Waals surface area contributed by atoms with E-state index in [1.807, 2.05) is 13.8 Å². The van der Waals surface area contributed by atoms with E-state index in [0.29, 0.717) is 5.75 Å². The molecule has 0 aliphatic rings. The molecule has 0 spiro atoms. The maximum Gasteiger partial charge on any atom is 0.284 e. The van der Waals surface area contributed by atoms with Crippen LogP contribution in [0.15, 0.2) is 24.3 Å². The van der Waals surface area contributed by atoms with Crippen LogP contribution in [0.5, 0.6) is 11.5 Å². The number of unbranched alkanes of at least 4 members (excludes halogenated alkanes) is 3. The molecule has 5 heteroatoms. The summed E-state index contributed by atoms with van der Waals surface area (Å²) in [4.78, 5) is 12.5. The summed E-state index contributed by atoms with van der Waals surface area (Å²) in [5, 5.41) is 4.42. The molecule has 25 heavy (non-hydrogen) atoms. The highest BCUT2D eigenvalue weighted by Gasteiger charge is 2.16. The topological polar surface area (TPSA) is 53.4 Å². The lowest BCUT2D eigenvalue weighted by molar-refractivity contribution is 0.0818. The monoisotopic (exact) mass is 344 g/mol. The number of nitrogens with zero attached hydrogens (tertiary/aromatic N) is 2. The summed E-state index contributed by atoms with van der Waals surface area (Å²) < 4.78 is 12.2. The van der Waals surface area contributed by atoms with Crippen molar-refractivity contribution in [1.82, 2.24) is 9.78 Å². The van der Waals surface area contributed by atoms with Gasteiger partial charge < -0.3 is 9.47 Å². The first-order chi connectivity index (χ1) is 12.1. The van der Waals surface area contributed by atoms with Gasteiger partial charge in [-0.3, -0.25) is 4.79 Å². The van der Waals surface area contributed by atoms with Gasteiger partial charge in [-0.05, 0) is 56.5 Å². The highest BCUT2D eigenvalue weighted by molar-refractivity contribution is 5.80. The first kappa shape index (κ1) is 19.0. The van der Waals surface area contributed by atoms with Crippen LogP contribution in [0.1, 0.15) is 54.4 Å². The molecule has 0 saturated carbocycles. The van der Waals surface area contributed by atoms with Crippen LogP contribution in [-0.2, 0) is 6.42 Å². The molecular weight excluding hydrogens is 316 g/mol. The smallest absolute Gasteiger partial charge is 0.284 e. The minimum atomic E-state index is -0.156. The first-order valence-corrected chi connectivity index (χ1v) is 8.92. The van der Waals surface area contributed by atoms with Crippen LogP contribution in [-0.4, -0.2) is 29.4 Å². The van der Waals surface area contributed by atoms with Crippen LogP contribution in [0.2, 0.25) is 0 Å². The summed E-state index contributed by atoms with van der Waals surface area (Å²) in [6.07, 6.45) is 5.80. The number of ether oxygens (including phenoxy) is 2. The summed E-state index contributed by atoms with van der Waals surface area (Å²) in [6, 6.07) is 7.17. The molecule has 0 unspecified atom stereocenters. The van der Waals surface area contributed by atoms with Gasteiger partial charge in [0.1, 0.15) is 11.5 Å². The Morgan fingerprint density at radius 3 is 2.40 bits per heavy atom. The van der Waals surface area contributed by atoms with E-state index in [0.717, 1.165) is 30.0 Å². The van der Waals surface area contributed by atoms with Crippen molar-refractivity contribution in [3.63, 3.8) is 0 Å². The number of methoxy groups -OCH3 is 1. The predicted molar refractivity (Wildman–Crippen MR) is 98.7 cm³/mol. The van der Waals surface area contributed by atoms with Crippen molar-refractivity contribution in [1.29, 1.82) is 0 Å². The molecule has 0 fully saturated rings. The molecule has 0 aliphatic heterocycles. The van der Waals surface area contributed by atoms with Gasteiger partial charge in [0.2, 0.25) is 0 Å². The lowest BCUT2D eigenvalue weighted by Gasteiger charge is -2.08. The fraction of sp³-hybridized carbons (Fsp3) is 0.500. The normalized spacial score (nSPS) is 10.7. The molecule has 0 atom stereocenters. The maximum absolute atomic E-state index is 12.5. The number of carbonyl (C=O) groups excluding carboxylic acids is 1.